The second-order valence-electron chi connectivity index (χ2n) is 6.20. The van der Waals surface area contributed by atoms with E-state index in [9.17, 15) is 20.0 Å². The Hall–Kier alpha value is -2.28. The van der Waals surface area contributed by atoms with Crippen LogP contribution >= 0.6 is 0 Å². The van der Waals surface area contributed by atoms with Crippen molar-refractivity contribution in [3.05, 3.63) is 45.0 Å². The highest BCUT2D eigenvalue weighted by Crippen LogP contribution is 2.28. The highest BCUT2D eigenvalue weighted by Gasteiger charge is 2.20. The van der Waals surface area contributed by atoms with E-state index in [4.69, 9.17) is 0 Å². The second kappa shape index (κ2) is 6.45. The van der Waals surface area contributed by atoms with Crippen molar-refractivity contribution in [3.8, 4) is 0 Å². The van der Waals surface area contributed by atoms with Gasteiger partial charge >= 0.3 is 0 Å². The first-order chi connectivity index (χ1) is 11.0. The van der Waals surface area contributed by atoms with Crippen molar-refractivity contribution in [3.63, 3.8) is 0 Å². The molecular formula is C16H19N3O4. The van der Waals surface area contributed by atoms with Crippen LogP contribution in [0.1, 0.15) is 32.1 Å². The number of fused-ring (bicyclic) bond motifs is 1. The Balaban J connectivity index is 1.84. The minimum Gasteiger partial charge on any atom is -0.391 e. The summed E-state index contributed by atoms with van der Waals surface area (Å²) in [7, 11) is 0. The fourth-order valence-electron chi connectivity index (χ4n) is 3.32. The summed E-state index contributed by atoms with van der Waals surface area (Å²) in [5.41, 5.74) is -0.0769. The molecule has 7 nitrogen and oxygen atoms in total. The molecule has 3 rings (SSSR count). The van der Waals surface area contributed by atoms with Crippen LogP contribution in [0.2, 0.25) is 0 Å². The van der Waals surface area contributed by atoms with Crippen molar-refractivity contribution in [2.45, 2.75) is 44.8 Å². The van der Waals surface area contributed by atoms with E-state index in [-0.39, 0.29) is 23.2 Å². The van der Waals surface area contributed by atoms with Crippen LogP contribution in [0.3, 0.4) is 0 Å². The number of nitro benzene ring substituents is 1. The number of non-ortho nitro benzene ring substituents is 1. The van der Waals surface area contributed by atoms with E-state index in [0.717, 1.165) is 12.8 Å². The van der Waals surface area contributed by atoms with Gasteiger partial charge < -0.3 is 5.11 Å². The number of benzene rings is 1. The molecule has 0 amide bonds. The minimum atomic E-state index is -0.603. The van der Waals surface area contributed by atoms with E-state index in [1.165, 1.54) is 41.9 Å². The van der Waals surface area contributed by atoms with Gasteiger partial charge in [0.25, 0.3) is 11.2 Å². The fourth-order valence-corrected chi connectivity index (χ4v) is 3.32. The summed E-state index contributed by atoms with van der Waals surface area (Å²) >= 11 is 0. The van der Waals surface area contributed by atoms with Crippen LogP contribution < -0.4 is 5.56 Å². The summed E-state index contributed by atoms with van der Waals surface area (Å²) in [6.07, 6.45) is 6.15. The first-order valence-electron chi connectivity index (χ1n) is 7.86. The number of rotatable bonds is 5. The lowest BCUT2D eigenvalue weighted by Gasteiger charge is -2.16. The zero-order chi connectivity index (χ0) is 16.4. The van der Waals surface area contributed by atoms with Crippen LogP contribution in [-0.2, 0) is 6.54 Å². The van der Waals surface area contributed by atoms with Crippen molar-refractivity contribution < 1.29 is 10.0 Å². The van der Waals surface area contributed by atoms with Crippen LogP contribution in [0.5, 0.6) is 0 Å². The lowest BCUT2D eigenvalue weighted by molar-refractivity contribution is -0.384. The highest BCUT2D eigenvalue weighted by molar-refractivity contribution is 5.79. The van der Waals surface area contributed by atoms with Gasteiger partial charge in [0.2, 0.25) is 0 Å². The van der Waals surface area contributed by atoms with Crippen molar-refractivity contribution >= 4 is 16.6 Å². The number of nitrogens with zero attached hydrogens (tertiary/aromatic N) is 3. The van der Waals surface area contributed by atoms with Crippen molar-refractivity contribution in [1.82, 2.24) is 9.55 Å². The van der Waals surface area contributed by atoms with Gasteiger partial charge in [-0.15, -0.1) is 0 Å². The lowest BCUT2D eigenvalue weighted by atomic mass is 10.00. The number of aliphatic hydroxyl groups is 1. The maximum absolute atomic E-state index is 12.5. The second-order valence-corrected chi connectivity index (χ2v) is 6.20. The molecule has 1 unspecified atom stereocenters. The molecule has 1 aliphatic carbocycles. The molecule has 23 heavy (non-hydrogen) atoms. The maximum atomic E-state index is 12.5. The normalized spacial score (nSPS) is 16.7. The molecule has 122 valence electrons. The largest absolute Gasteiger partial charge is 0.391 e. The molecule has 2 aromatic rings. The molecular weight excluding hydrogens is 298 g/mol. The van der Waals surface area contributed by atoms with Gasteiger partial charge in [0.15, 0.2) is 0 Å². The number of hydrogen-bond donors (Lipinski definition) is 1. The summed E-state index contributed by atoms with van der Waals surface area (Å²) < 4.78 is 1.34. The maximum Gasteiger partial charge on any atom is 0.270 e. The molecule has 0 spiro atoms. The Morgan fingerprint density at radius 2 is 2.13 bits per heavy atom. The van der Waals surface area contributed by atoms with Crippen LogP contribution in [0.4, 0.5) is 5.69 Å². The van der Waals surface area contributed by atoms with Crippen LogP contribution in [-0.4, -0.2) is 25.7 Å². The predicted molar refractivity (Wildman–Crippen MR) is 85.2 cm³/mol. The van der Waals surface area contributed by atoms with E-state index in [0.29, 0.717) is 17.9 Å². The molecule has 1 N–H and O–H groups in total. The van der Waals surface area contributed by atoms with Gasteiger partial charge in [-0.2, -0.15) is 0 Å². The number of aromatic nitrogens is 2. The molecule has 1 aliphatic rings. The third-order valence-corrected chi connectivity index (χ3v) is 4.51. The summed E-state index contributed by atoms with van der Waals surface area (Å²) in [4.78, 5) is 26.9. The first-order valence-corrected chi connectivity index (χ1v) is 7.86. The molecule has 0 aliphatic heterocycles. The molecule has 1 heterocycles. The summed E-state index contributed by atoms with van der Waals surface area (Å²) in [5, 5.41) is 21.3. The summed E-state index contributed by atoms with van der Waals surface area (Å²) in [6.45, 7) is 0.168. The molecule has 1 atom stereocenters. The molecule has 0 radical (unpaired) electrons. The zero-order valence-corrected chi connectivity index (χ0v) is 12.7. The summed E-state index contributed by atoms with van der Waals surface area (Å²) in [6, 6.07) is 4.03. The summed E-state index contributed by atoms with van der Waals surface area (Å²) in [5.74, 6) is 0.523. The average Bonchev–Trinajstić information content (AvgIpc) is 3.02. The molecule has 1 aromatic carbocycles. The SMILES string of the molecule is O=c1c2cc([N+](=O)[O-])ccc2ncn1CC(O)CC1CCCC1. The topological polar surface area (TPSA) is 98.3 Å². The Bertz CT molecular complexity index is 780. The molecule has 7 heteroatoms. The standard InChI is InChI=1S/C16H19N3O4/c20-13(7-11-3-1-2-4-11)9-18-10-17-15-6-5-12(19(22)23)8-14(15)16(18)21/h5-6,8,10-11,13,20H,1-4,7,9H2. The molecule has 0 bridgehead atoms. The quantitative estimate of drug-likeness (QED) is 0.673. The first kappa shape index (κ1) is 15.6. The van der Waals surface area contributed by atoms with E-state index in [2.05, 4.69) is 4.98 Å². The third kappa shape index (κ3) is 3.39. The fraction of sp³-hybridized carbons (Fsp3) is 0.500. The Kier molecular flexibility index (Phi) is 4.38. The van der Waals surface area contributed by atoms with Gasteiger partial charge in [-0.3, -0.25) is 19.5 Å². The van der Waals surface area contributed by atoms with Crippen LogP contribution in [0, 0.1) is 16.0 Å². The lowest BCUT2D eigenvalue weighted by Crippen LogP contribution is -2.28. The van der Waals surface area contributed by atoms with E-state index in [1.54, 1.807) is 0 Å². The zero-order valence-electron chi connectivity index (χ0n) is 12.7. The number of hydrogen-bond acceptors (Lipinski definition) is 5. The Morgan fingerprint density at radius 1 is 1.39 bits per heavy atom. The van der Waals surface area contributed by atoms with Gasteiger partial charge in [0.05, 0.1) is 34.8 Å². The number of nitro groups is 1. The number of aliphatic hydroxyl groups excluding tert-OH is 1. The Morgan fingerprint density at radius 3 is 2.83 bits per heavy atom. The molecule has 0 saturated heterocycles. The van der Waals surface area contributed by atoms with Crippen LogP contribution in [0.15, 0.2) is 29.3 Å². The highest BCUT2D eigenvalue weighted by atomic mass is 16.6. The molecule has 1 fully saturated rings. The van der Waals surface area contributed by atoms with E-state index >= 15 is 0 Å². The van der Waals surface area contributed by atoms with Gasteiger partial charge in [-0.1, -0.05) is 25.7 Å². The van der Waals surface area contributed by atoms with Gasteiger partial charge in [0.1, 0.15) is 0 Å². The van der Waals surface area contributed by atoms with Gasteiger partial charge in [-0.25, -0.2) is 4.98 Å². The van der Waals surface area contributed by atoms with Gasteiger partial charge in [-0.05, 0) is 18.4 Å². The molecule has 1 saturated carbocycles. The van der Waals surface area contributed by atoms with Crippen LogP contribution in [0.25, 0.3) is 10.9 Å². The van der Waals surface area contributed by atoms with E-state index in [1.807, 2.05) is 0 Å². The smallest absolute Gasteiger partial charge is 0.270 e. The minimum absolute atomic E-state index is 0.138. The molecule has 1 aromatic heterocycles. The third-order valence-electron chi connectivity index (χ3n) is 4.51. The van der Waals surface area contributed by atoms with Crippen molar-refractivity contribution in [2.24, 2.45) is 5.92 Å². The van der Waals surface area contributed by atoms with Crippen molar-refractivity contribution in [2.75, 3.05) is 0 Å². The Labute approximate surface area is 132 Å². The van der Waals surface area contributed by atoms with Crippen molar-refractivity contribution in [1.29, 1.82) is 0 Å². The predicted octanol–water partition coefficient (Wildman–Crippen LogP) is 2.25. The monoisotopic (exact) mass is 317 g/mol. The van der Waals surface area contributed by atoms with E-state index < -0.39 is 11.0 Å². The average molecular weight is 317 g/mol. The van der Waals surface area contributed by atoms with Gasteiger partial charge in [0, 0.05) is 12.1 Å².